The summed E-state index contributed by atoms with van der Waals surface area (Å²) in [6.45, 7) is 3.15. The minimum absolute atomic E-state index is 0.0424. The number of nitrogens with one attached hydrogen (secondary N) is 1. The maximum atomic E-state index is 12.0. The summed E-state index contributed by atoms with van der Waals surface area (Å²) < 4.78 is 16.7. The van der Waals surface area contributed by atoms with Gasteiger partial charge in [0.15, 0.2) is 18.1 Å². The van der Waals surface area contributed by atoms with Gasteiger partial charge in [-0.2, -0.15) is 0 Å². The molecule has 0 fully saturated rings. The Hall–Kier alpha value is -2.69. The lowest BCUT2D eigenvalue weighted by Crippen LogP contribution is -2.20. The molecule has 1 aliphatic rings. The number of aryl methyl sites for hydroxylation is 1. The molecule has 0 saturated heterocycles. The second-order valence-electron chi connectivity index (χ2n) is 5.31. The number of hydrogen-bond donors (Lipinski definition) is 1. The van der Waals surface area contributed by atoms with Crippen molar-refractivity contribution in [1.29, 1.82) is 0 Å². The van der Waals surface area contributed by atoms with Gasteiger partial charge in [0.2, 0.25) is 0 Å². The van der Waals surface area contributed by atoms with Gasteiger partial charge in [-0.1, -0.05) is 18.2 Å². The van der Waals surface area contributed by atoms with E-state index in [0.29, 0.717) is 36.1 Å². The van der Waals surface area contributed by atoms with Gasteiger partial charge in [0, 0.05) is 18.2 Å². The SMILES string of the molecule is Cc1ccccc1OCC(=O)Nc1ccc2c(c1)OCCCO2. The van der Waals surface area contributed by atoms with Crippen LogP contribution in [0.4, 0.5) is 5.69 Å². The summed E-state index contributed by atoms with van der Waals surface area (Å²) in [6, 6.07) is 13.0. The number of anilines is 1. The second-order valence-corrected chi connectivity index (χ2v) is 5.31. The predicted molar refractivity (Wildman–Crippen MR) is 87.4 cm³/mol. The highest BCUT2D eigenvalue weighted by Gasteiger charge is 2.12. The molecule has 1 amide bonds. The molecule has 0 saturated carbocycles. The summed E-state index contributed by atoms with van der Waals surface area (Å²) in [5.74, 6) is 1.85. The van der Waals surface area contributed by atoms with E-state index in [1.165, 1.54) is 0 Å². The smallest absolute Gasteiger partial charge is 0.262 e. The maximum absolute atomic E-state index is 12.0. The number of hydrogen-bond acceptors (Lipinski definition) is 4. The van der Waals surface area contributed by atoms with Crippen molar-refractivity contribution in [2.45, 2.75) is 13.3 Å². The topological polar surface area (TPSA) is 56.8 Å². The second kappa shape index (κ2) is 7.05. The monoisotopic (exact) mass is 313 g/mol. The standard InChI is InChI=1S/C18H19NO4/c1-13-5-2-3-6-15(13)23-12-18(20)19-14-7-8-16-17(11-14)22-10-4-9-21-16/h2-3,5-8,11H,4,9-10,12H2,1H3,(H,19,20). The van der Waals surface area contributed by atoms with E-state index in [4.69, 9.17) is 14.2 Å². The minimum Gasteiger partial charge on any atom is -0.490 e. The summed E-state index contributed by atoms with van der Waals surface area (Å²) in [5, 5.41) is 2.80. The summed E-state index contributed by atoms with van der Waals surface area (Å²) in [7, 11) is 0. The van der Waals surface area contributed by atoms with E-state index in [9.17, 15) is 4.79 Å². The fourth-order valence-corrected chi connectivity index (χ4v) is 2.30. The summed E-state index contributed by atoms with van der Waals surface area (Å²) in [6.07, 6.45) is 0.848. The number of benzene rings is 2. The molecule has 2 aromatic rings. The molecule has 1 aliphatic heterocycles. The van der Waals surface area contributed by atoms with Crippen molar-refractivity contribution in [1.82, 2.24) is 0 Å². The molecule has 23 heavy (non-hydrogen) atoms. The lowest BCUT2D eigenvalue weighted by atomic mass is 10.2. The highest BCUT2D eigenvalue weighted by molar-refractivity contribution is 5.92. The first-order valence-corrected chi connectivity index (χ1v) is 7.60. The van der Waals surface area contributed by atoms with Crippen molar-refractivity contribution in [3.05, 3.63) is 48.0 Å². The third-order valence-corrected chi connectivity index (χ3v) is 3.48. The van der Waals surface area contributed by atoms with Crippen molar-refractivity contribution in [2.24, 2.45) is 0 Å². The lowest BCUT2D eigenvalue weighted by molar-refractivity contribution is -0.118. The molecule has 2 aromatic carbocycles. The third-order valence-electron chi connectivity index (χ3n) is 3.48. The highest BCUT2D eigenvalue weighted by atomic mass is 16.5. The van der Waals surface area contributed by atoms with E-state index in [1.54, 1.807) is 18.2 Å². The van der Waals surface area contributed by atoms with Crippen LogP contribution in [0, 0.1) is 6.92 Å². The Bertz CT molecular complexity index is 699. The number of carbonyl (C=O) groups is 1. The zero-order valence-electron chi connectivity index (χ0n) is 13.0. The Labute approximate surface area is 135 Å². The average molecular weight is 313 g/mol. The first-order valence-electron chi connectivity index (χ1n) is 7.60. The third kappa shape index (κ3) is 3.94. The molecule has 0 radical (unpaired) electrons. The van der Waals surface area contributed by atoms with E-state index in [-0.39, 0.29) is 12.5 Å². The van der Waals surface area contributed by atoms with Crippen molar-refractivity contribution < 1.29 is 19.0 Å². The molecular weight excluding hydrogens is 294 g/mol. The Morgan fingerprint density at radius 3 is 2.74 bits per heavy atom. The Morgan fingerprint density at radius 2 is 1.91 bits per heavy atom. The number of carbonyl (C=O) groups excluding carboxylic acids is 1. The molecule has 5 heteroatoms. The molecule has 120 valence electrons. The predicted octanol–water partition coefficient (Wildman–Crippen LogP) is 3.17. The van der Waals surface area contributed by atoms with Gasteiger partial charge in [-0.15, -0.1) is 0 Å². The quantitative estimate of drug-likeness (QED) is 0.942. The largest absolute Gasteiger partial charge is 0.490 e. The summed E-state index contributed by atoms with van der Waals surface area (Å²) >= 11 is 0. The maximum Gasteiger partial charge on any atom is 0.262 e. The van der Waals surface area contributed by atoms with Gasteiger partial charge in [-0.25, -0.2) is 0 Å². The van der Waals surface area contributed by atoms with Crippen molar-refractivity contribution in [2.75, 3.05) is 25.1 Å². The molecule has 0 bridgehead atoms. The number of para-hydroxylation sites is 1. The van der Waals surface area contributed by atoms with Crippen LogP contribution in [0.25, 0.3) is 0 Å². The van der Waals surface area contributed by atoms with Gasteiger partial charge in [0.05, 0.1) is 13.2 Å². The molecule has 5 nitrogen and oxygen atoms in total. The lowest BCUT2D eigenvalue weighted by Gasteiger charge is -2.11. The van der Waals surface area contributed by atoms with Gasteiger partial charge in [-0.3, -0.25) is 4.79 Å². The van der Waals surface area contributed by atoms with Gasteiger partial charge in [0.1, 0.15) is 5.75 Å². The number of ether oxygens (including phenoxy) is 3. The van der Waals surface area contributed by atoms with E-state index in [1.807, 2.05) is 31.2 Å². The van der Waals surface area contributed by atoms with Gasteiger partial charge in [0.25, 0.3) is 5.91 Å². The highest BCUT2D eigenvalue weighted by Crippen LogP contribution is 2.32. The van der Waals surface area contributed by atoms with Crippen LogP contribution in [0.1, 0.15) is 12.0 Å². The van der Waals surface area contributed by atoms with E-state index < -0.39 is 0 Å². The number of amides is 1. The van der Waals surface area contributed by atoms with Gasteiger partial charge < -0.3 is 19.5 Å². The first-order chi connectivity index (χ1) is 11.2. The van der Waals surface area contributed by atoms with Crippen LogP contribution in [0.3, 0.4) is 0 Å². The summed E-state index contributed by atoms with van der Waals surface area (Å²) in [5.41, 5.74) is 1.66. The minimum atomic E-state index is -0.220. The Kier molecular flexibility index (Phi) is 4.66. The van der Waals surface area contributed by atoms with E-state index in [2.05, 4.69) is 5.32 Å². The van der Waals surface area contributed by atoms with Crippen LogP contribution in [-0.2, 0) is 4.79 Å². The van der Waals surface area contributed by atoms with Gasteiger partial charge >= 0.3 is 0 Å². The van der Waals surface area contributed by atoms with Crippen LogP contribution < -0.4 is 19.5 Å². The van der Waals surface area contributed by atoms with Crippen LogP contribution in [-0.4, -0.2) is 25.7 Å². The number of rotatable bonds is 4. The molecular formula is C18H19NO4. The van der Waals surface area contributed by atoms with Crippen molar-refractivity contribution >= 4 is 11.6 Å². The molecule has 0 aromatic heterocycles. The van der Waals surface area contributed by atoms with E-state index in [0.717, 1.165) is 12.0 Å². The first kappa shape index (κ1) is 15.2. The van der Waals surface area contributed by atoms with Crippen LogP contribution in [0.2, 0.25) is 0 Å². The fourth-order valence-electron chi connectivity index (χ4n) is 2.30. The van der Waals surface area contributed by atoms with Crippen LogP contribution in [0.15, 0.2) is 42.5 Å². The molecule has 0 atom stereocenters. The molecule has 0 spiro atoms. The van der Waals surface area contributed by atoms with Gasteiger partial charge in [-0.05, 0) is 30.7 Å². The number of fused-ring (bicyclic) bond motifs is 1. The van der Waals surface area contributed by atoms with E-state index >= 15 is 0 Å². The molecule has 3 rings (SSSR count). The zero-order valence-corrected chi connectivity index (χ0v) is 13.0. The normalized spacial score (nSPS) is 13.1. The molecule has 0 aliphatic carbocycles. The molecule has 1 heterocycles. The molecule has 0 unspecified atom stereocenters. The van der Waals surface area contributed by atoms with Crippen LogP contribution >= 0.6 is 0 Å². The molecule has 1 N–H and O–H groups in total. The Balaban J connectivity index is 1.60. The average Bonchev–Trinajstić information content (AvgIpc) is 2.79. The Morgan fingerprint density at radius 1 is 1.13 bits per heavy atom. The van der Waals surface area contributed by atoms with Crippen molar-refractivity contribution in [3.8, 4) is 17.2 Å². The summed E-state index contributed by atoms with van der Waals surface area (Å²) in [4.78, 5) is 12.0. The zero-order chi connectivity index (χ0) is 16.1. The van der Waals surface area contributed by atoms with Crippen molar-refractivity contribution in [3.63, 3.8) is 0 Å². The van der Waals surface area contributed by atoms with Crippen LogP contribution in [0.5, 0.6) is 17.2 Å². The fraction of sp³-hybridized carbons (Fsp3) is 0.278.